The van der Waals surface area contributed by atoms with Gasteiger partial charge in [-0.15, -0.1) is 0 Å². The topological polar surface area (TPSA) is 117 Å². The van der Waals surface area contributed by atoms with E-state index in [9.17, 15) is 4.79 Å². The molecular formula is C23H20N6O2. The van der Waals surface area contributed by atoms with Gasteiger partial charge in [-0.1, -0.05) is 0 Å². The number of nitrogen functional groups attached to an aromatic ring is 1. The number of nitrogens with two attached hydrogens (primary N) is 1. The third-order valence-electron chi connectivity index (χ3n) is 5.83. The van der Waals surface area contributed by atoms with Crippen LogP contribution in [0.1, 0.15) is 12.0 Å². The van der Waals surface area contributed by atoms with Crippen LogP contribution in [0.2, 0.25) is 0 Å². The van der Waals surface area contributed by atoms with Crippen LogP contribution in [-0.2, 0) is 4.79 Å². The number of fused-ring (bicyclic) bond motifs is 2. The Kier molecular flexibility index (Phi) is 4.08. The summed E-state index contributed by atoms with van der Waals surface area (Å²) in [5, 5.41) is 13.2. The maximum absolute atomic E-state index is 12.3. The number of anilines is 3. The molecule has 2 aliphatic rings. The van der Waals surface area contributed by atoms with E-state index in [1.165, 1.54) is 0 Å². The van der Waals surface area contributed by atoms with E-state index in [0.29, 0.717) is 40.8 Å². The second-order valence-corrected chi connectivity index (χ2v) is 7.94. The molecule has 0 radical (unpaired) electrons. The molecule has 154 valence electrons. The van der Waals surface area contributed by atoms with Crippen LogP contribution in [0.15, 0.2) is 42.9 Å². The highest BCUT2D eigenvalue weighted by atomic mass is 16.5. The standard InChI is InChI=1S/C23H20N6O2/c1-11-4-19-20(31-12(2)29(19)3)8-15(11)18-6-13-7-21(26-10-17(13)22(25)27-18)28-23(30)16-5-14(16)9-24/h4,6-8,10,14,16H,2,5H2,1,3H3,(H2,25,27)(H,26,28,30)/t14-,16+/m0/s1. The number of benzene rings is 1. The van der Waals surface area contributed by atoms with Crippen molar-refractivity contribution in [2.75, 3.05) is 23.0 Å². The molecule has 3 heterocycles. The molecule has 3 N–H and O–H groups in total. The molecule has 1 amide bonds. The van der Waals surface area contributed by atoms with Crippen molar-refractivity contribution >= 4 is 34.0 Å². The Bertz CT molecular complexity index is 1330. The van der Waals surface area contributed by atoms with Crippen molar-refractivity contribution in [3.05, 3.63) is 48.5 Å². The van der Waals surface area contributed by atoms with Gasteiger partial charge in [0.1, 0.15) is 11.6 Å². The average Bonchev–Trinajstić information content (AvgIpc) is 3.48. The molecule has 2 atom stereocenters. The average molecular weight is 412 g/mol. The molecule has 0 bridgehead atoms. The molecule has 1 aromatic carbocycles. The Morgan fingerprint density at radius 3 is 2.94 bits per heavy atom. The Labute approximate surface area is 179 Å². The number of aromatic nitrogens is 2. The molecule has 1 fully saturated rings. The van der Waals surface area contributed by atoms with Crippen LogP contribution in [0, 0.1) is 30.1 Å². The maximum Gasteiger partial charge on any atom is 0.230 e. The van der Waals surface area contributed by atoms with Crippen molar-refractivity contribution in [1.82, 2.24) is 9.97 Å². The summed E-state index contributed by atoms with van der Waals surface area (Å²) in [6, 6.07) is 9.78. The van der Waals surface area contributed by atoms with Crippen molar-refractivity contribution in [1.29, 1.82) is 5.26 Å². The zero-order chi connectivity index (χ0) is 21.9. The van der Waals surface area contributed by atoms with Crippen molar-refractivity contribution in [2.45, 2.75) is 13.3 Å². The van der Waals surface area contributed by atoms with E-state index in [4.69, 9.17) is 15.7 Å². The second-order valence-electron chi connectivity index (χ2n) is 7.94. The van der Waals surface area contributed by atoms with Gasteiger partial charge in [0.05, 0.1) is 29.3 Å². The summed E-state index contributed by atoms with van der Waals surface area (Å²) in [7, 11) is 1.91. The van der Waals surface area contributed by atoms with Gasteiger partial charge in [-0.3, -0.25) is 4.79 Å². The summed E-state index contributed by atoms with van der Waals surface area (Å²) < 4.78 is 5.76. The lowest BCUT2D eigenvalue weighted by atomic mass is 10.0. The van der Waals surface area contributed by atoms with Gasteiger partial charge in [0.25, 0.3) is 0 Å². The van der Waals surface area contributed by atoms with Gasteiger partial charge < -0.3 is 20.7 Å². The number of carbonyl (C=O) groups is 1. The fourth-order valence-electron chi connectivity index (χ4n) is 3.85. The van der Waals surface area contributed by atoms with E-state index >= 15 is 0 Å². The molecule has 2 aromatic heterocycles. The highest BCUT2D eigenvalue weighted by molar-refractivity contribution is 5.98. The molecule has 0 spiro atoms. The van der Waals surface area contributed by atoms with Gasteiger partial charge in [0.2, 0.25) is 5.91 Å². The minimum atomic E-state index is -0.262. The number of hydrogen-bond donors (Lipinski definition) is 2. The number of nitrogens with zero attached hydrogens (tertiary/aromatic N) is 4. The summed E-state index contributed by atoms with van der Waals surface area (Å²) in [5.74, 6) is 1.41. The minimum Gasteiger partial charge on any atom is -0.439 e. The Morgan fingerprint density at radius 2 is 2.19 bits per heavy atom. The third-order valence-corrected chi connectivity index (χ3v) is 5.83. The molecule has 8 nitrogen and oxygen atoms in total. The third kappa shape index (κ3) is 3.11. The zero-order valence-electron chi connectivity index (χ0n) is 17.1. The SMILES string of the molecule is C=C1Oc2cc(-c3cc4cc(NC(=O)[C@@H]5C[C@H]5C#N)ncc4c(N)n3)c(C)cc2N1C. The maximum atomic E-state index is 12.3. The molecule has 1 aliphatic heterocycles. The molecule has 0 saturated heterocycles. The first kappa shape index (κ1) is 18.9. The lowest BCUT2D eigenvalue weighted by molar-refractivity contribution is -0.117. The highest BCUT2D eigenvalue weighted by Gasteiger charge is 2.43. The summed E-state index contributed by atoms with van der Waals surface area (Å²) in [5.41, 5.74) is 9.78. The van der Waals surface area contributed by atoms with E-state index < -0.39 is 0 Å². The molecule has 0 unspecified atom stereocenters. The number of hydrogen-bond acceptors (Lipinski definition) is 7. The van der Waals surface area contributed by atoms with Crippen LogP contribution < -0.4 is 20.7 Å². The Hall–Kier alpha value is -4.12. The lowest BCUT2D eigenvalue weighted by Crippen LogP contribution is -2.15. The monoisotopic (exact) mass is 412 g/mol. The van der Waals surface area contributed by atoms with Crippen LogP contribution in [0.25, 0.3) is 22.0 Å². The quantitative estimate of drug-likeness (QED) is 0.675. The smallest absolute Gasteiger partial charge is 0.230 e. The van der Waals surface area contributed by atoms with E-state index in [-0.39, 0.29) is 17.7 Å². The van der Waals surface area contributed by atoms with E-state index in [1.54, 1.807) is 12.3 Å². The van der Waals surface area contributed by atoms with Gasteiger partial charge >= 0.3 is 0 Å². The van der Waals surface area contributed by atoms with Gasteiger partial charge in [-0.2, -0.15) is 5.26 Å². The normalized spacial score (nSPS) is 19.0. The van der Waals surface area contributed by atoms with Crippen LogP contribution >= 0.6 is 0 Å². The first-order valence-corrected chi connectivity index (χ1v) is 9.88. The fraction of sp³-hybridized carbons (Fsp3) is 0.217. The largest absolute Gasteiger partial charge is 0.439 e. The second kappa shape index (κ2) is 6.71. The fourth-order valence-corrected chi connectivity index (χ4v) is 3.85. The predicted octanol–water partition coefficient (Wildman–Crippen LogP) is 3.59. The lowest BCUT2D eigenvalue weighted by Gasteiger charge is -2.13. The highest BCUT2D eigenvalue weighted by Crippen LogP contribution is 2.42. The van der Waals surface area contributed by atoms with Crippen molar-refractivity contribution in [3.63, 3.8) is 0 Å². The number of ether oxygens (including phenoxy) is 1. The molecule has 5 rings (SSSR count). The molecule has 1 saturated carbocycles. The van der Waals surface area contributed by atoms with Gasteiger partial charge in [0, 0.05) is 24.2 Å². The minimum absolute atomic E-state index is 0.184. The van der Waals surface area contributed by atoms with Crippen LogP contribution in [-0.4, -0.2) is 22.9 Å². The number of rotatable bonds is 3. The molecule has 8 heteroatoms. The summed E-state index contributed by atoms with van der Waals surface area (Å²) in [6.45, 7) is 5.91. The van der Waals surface area contributed by atoms with Crippen LogP contribution in [0.3, 0.4) is 0 Å². The number of nitriles is 1. The summed E-state index contributed by atoms with van der Waals surface area (Å²) in [4.78, 5) is 23.0. The van der Waals surface area contributed by atoms with E-state index in [2.05, 4.69) is 27.9 Å². The number of aryl methyl sites for hydroxylation is 1. The Balaban J connectivity index is 1.52. The van der Waals surface area contributed by atoms with Crippen LogP contribution in [0.4, 0.5) is 17.3 Å². The summed E-state index contributed by atoms with van der Waals surface area (Å²) in [6.07, 6.45) is 2.20. The molecule has 1 aliphatic carbocycles. The van der Waals surface area contributed by atoms with Crippen molar-refractivity contribution in [2.24, 2.45) is 11.8 Å². The number of carbonyl (C=O) groups excluding carboxylic acids is 1. The van der Waals surface area contributed by atoms with E-state index in [1.807, 2.05) is 37.1 Å². The van der Waals surface area contributed by atoms with Gasteiger partial charge in [-0.05, 0) is 55.1 Å². The molecular weight excluding hydrogens is 392 g/mol. The molecule has 31 heavy (non-hydrogen) atoms. The van der Waals surface area contributed by atoms with Crippen LogP contribution in [0.5, 0.6) is 5.75 Å². The number of nitrogens with one attached hydrogen (secondary N) is 1. The number of pyridine rings is 2. The Morgan fingerprint density at radius 1 is 1.39 bits per heavy atom. The van der Waals surface area contributed by atoms with Crippen molar-refractivity contribution < 1.29 is 9.53 Å². The van der Waals surface area contributed by atoms with E-state index in [0.717, 1.165) is 22.2 Å². The molecule has 3 aromatic rings. The zero-order valence-corrected chi connectivity index (χ0v) is 17.1. The van der Waals surface area contributed by atoms with Crippen molar-refractivity contribution in [3.8, 4) is 23.1 Å². The van der Waals surface area contributed by atoms with Gasteiger partial charge in [-0.25, -0.2) is 9.97 Å². The van der Waals surface area contributed by atoms with Gasteiger partial charge in [0.15, 0.2) is 11.6 Å². The first-order chi connectivity index (χ1) is 14.9. The number of amides is 1. The summed E-state index contributed by atoms with van der Waals surface area (Å²) >= 11 is 0. The first-order valence-electron chi connectivity index (χ1n) is 9.88. The predicted molar refractivity (Wildman–Crippen MR) is 118 cm³/mol.